The number of anilines is 1. The number of hydrogen-bond acceptors (Lipinski definition) is 4. The molecular formula is C15H18N4O. The molecule has 0 saturated heterocycles. The molecule has 0 radical (unpaired) electrons. The summed E-state index contributed by atoms with van der Waals surface area (Å²) in [6.07, 6.45) is 0.963. The van der Waals surface area contributed by atoms with Crippen molar-refractivity contribution in [3.8, 4) is 11.4 Å². The first-order chi connectivity index (χ1) is 9.56. The predicted octanol–water partition coefficient (Wildman–Crippen LogP) is 2.58. The van der Waals surface area contributed by atoms with E-state index in [9.17, 15) is 4.79 Å². The lowest BCUT2D eigenvalue weighted by Gasteiger charge is -2.31. The van der Waals surface area contributed by atoms with Gasteiger partial charge in [0.2, 0.25) is 0 Å². The summed E-state index contributed by atoms with van der Waals surface area (Å²) in [5.74, 6) is 1.17. The van der Waals surface area contributed by atoms with Crippen molar-refractivity contribution >= 4 is 5.69 Å². The molecule has 5 nitrogen and oxygen atoms in total. The molecule has 0 saturated carbocycles. The van der Waals surface area contributed by atoms with Gasteiger partial charge in [0.25, 0.3) is 5.56 Å². The average molecular weight is 270 g/mol. The standard InChI is InChI=1S/C15H18N4O/c1-9(2)8-13-16-12-7-5-4-6-11(12)14-17-15(20)10(3)18-19(13)14/h4-7,9,13,16H,8H2,1-3H3/t13-/m0/s1. The van der Waals surface area contributed by atoms with Crippen molar-refractivity contribution in [3.63, 3.8) is 0 Å². The summed E-state index contributed by atoms with van der Waals surface area (Å²) in [4.78, 5) is 16.0. The second kappa shape index (κ2) is 4.74. The van der Waals surface area contributed by atoms with Crippen molar-refractivity contribution in [1.82, 2.24) is 14.8 Å². The minimum Gasteiger partial charge on any atom is -0.363 e. The fraction of sp³-hybridized carbons (Fsp3) is 0.400. The van der Waals surface area contributed by atoms with Crippen LogP contribution in [0.25, 0.3) is 11.4 Å². The predicted molar refractivity (Wildman–Crippen MR) is 78.6 cm³/mol. The fourth-order valence-electron chi connectivity index (χ4n) is 2.53. The Balaban J connectivity index is 2.20. The van der Waals surface area contributed by atoms with E-state index in [1.165, 1.54) is 0 Å². The second-order valence-corrected chi connectivity index (χ2v) is 5.61. The number of hydrogen-bond donors (Lipinski definition) is 1. The van der Waals surface area contributed by atoms with Gasteiger partial charge in [-0.25, -0.2) is 4.68 Å². The maximum Gasteiger partial charge on any atom is 0.294 e. The van der Waals surface area contributed by atoms with Gasteiger partial charge in [0.05, 0.1) is 0 Å². The first-order valence-electron chi connectivity index (χ1n) is 6.89. The highest BCUT2D eigenvalue weighted by Crippen LogP contribution is 2.35. The molecule has 104 valence electrons. The van der Waals surface area contributed by atoms with Crippen LogP contribution in [0.3, 0.4) is 0 Å². The summed E-state index contributed by atoms with van der Waals surface area (Å²) in [6, 6.07) is 7.90. The van der Waals surface area contributed by atoms with Crippen LogP contribution < -0.4 is 10.9 Å². The maximum absolute atomic E-state index is 11.8. The van der Waals surface area contributed by atoms with Crippen LogP contribution >= 0.6 is 0 Å². The van der Waals surface area contributed by atoms with Gasteiger partial charge >= 0.3 is 0 Å². The minimum absolute atomic E-state index is 0.0340. The van der Waals surface area contributed by atoms with Crippen molar-refractivity contribution in [1.29, 1.82) is 0 Å². The Morgan fingerprint density at radius 1 is 1.35 bits per heavy atom. The van der Waals surface area contributed by atoms with Gasteiger partial charge in [0, 0.05) is 11.3 Å². The molecule has 1 atom stereocenters. The molecule has 20 heavy (non-hydrogen) atoms. The van der Waals surface area contributed by atoms with Gasteiger partial charge in [0.15, 0.2) is 5.82 Å². The van der Waals surface area contributed by atoms with Crippen molar-refractivity contribution < 1.29 is 0 Å². The molecular weight excluding hydrogens is 252 g/mol. The zero-order valence-corrected chi connectivity index (χ0v) is 11.9. The van der Waals surface area contributed by atoms with Crippen LogP contribution in [0.1, 0.15) is 32.1 Å². The van der Waals surface area contributed by atoms with E-state index in [-0.39, 0.29) is 11.7 Å². The molecule has 0 spiro atoms. The van der Waals surface area contributed by atoms with Crippen molar-refractivity contribution in [3.05, 3.63) is 40.3 Å². The van der Waals surface area contributed by atoms with Crippen molar-refractivity contribution in [2.75, 3.05) is 5.32 Å². The normalized spacial score (nSPS) is 16.5. The SMILES string of the molecule is Cc1nn2c(nc1=O)-c1ccccc1N[C@@H]2CC(C)C. The van der Waals surface area contributed by atoms with Crippen molar-refractivity contribution in [2.24, 2.45) is 5.92 Å². The third-order valence-corrected chi connectivity index (χ3v) is 3.47. The molecule has 2 aromatic rings. The Labute approximate surface area is 117 Å². The number of para-hydroxylation sites is 1. The van der Waals surface area contributed by atoms with Gasteiger partial charge in [-0.1, -0.05) is 26.0 Å². The largest absolute Gasteiger partial charge is 0.363 e. The quantitative estimate of drug-likeness (QED) is 0.911. The third-order valence-electron chi connectivity index (χ3n) is 3.47. The first-order valence-corrected chi connectivity index (χ1v) is 6.89. The topological polar surface area (TPSA) is 59.8 Å². The van der Waals surface area contributed by atoms with E-state index in [4.69, 9.17) is 0 Å². The number of nitrogens with one attached hydrogen (secondary N) is 1. The summed E-state index contributed by atoms with van der Waals surface area (Å²) in [7, 11) is 0. The highest BCUT2D eigenvalue weighted by atomic mass is 16.1. The molecule has 0 bridgehead atoms. The number of benzene rings is 1. The van der Waals surface area contributed by atoms with E-state index in [2.05, 4.69) is 29.2 Å². The Morgan fingerprint density at radius 2 is 2.10 bits per heavy atom. The number of fused-ring (bicyclic) bond motifs is 3. The summed E-state index contributed by atoms with van der Waals surface area (Å²) in [5.41, 5.74) is 2.12. The van der Waals surface area contributed by atoms with Crippen LogP contribution in [0, 0.1) is 12.8 Å². The average Bonchev–Trinajstić information content (AvgIpc) is 2.40. The fourth-order valence-corrected chi connectivity index (χ4v) is 2.53. The minimum atomic E-state index is -0.253. The summed E-state index contributed by atoms with van der Waals surface area (Å²) >= 11 is 0. The van der Waals surface area contributed by atoms with Crippen LogP contribution in [0.2, 0.25) is 0 Å². The van der Waals surface area contributed by atoms with Gasteiger partial charge < -0.3 is 5.32 Å². The zero-order valence-electron chi connectivity index (χ0n) is 11.9. The molecule has 5 heteroatoms. The number of aryl methyl sites for hydroxylation is 1. The molecule has 1 aliphatic rings. The number of rotatable bonds is 2. The van der Waals surface area contributed by atoms with E-state index < -0.39 is 0 Å². The van der Waals surface area contributed by atoms with Gasteiger partial charge in [-0.05, 0) is 31.4 Å². The van der Waals surface area contributed by atoms with E-state index in [1.54, 1.807) is 6.92 Å². The monoisotopic (exact) mass is 270 g/mol. The van der Waals surface area contributed by atoms with Gasteiger partial charge in [-0.2, -0.15) is 10.1 Å². The Bertz CT molecular complexity index is 705. The molecule has 1 N–H and O–H groups in total. The summed E-state index contributed by atoms with van der Waals surface area (Å²) in [5, 5.41) is 7.92. The van der Waals surface area contributed by atoms with Gasteiger partial charge in [-0.15, -0.1) is 0 Å². The Morgan fingerprint density at radius 3 is 2.85 bits per heavy atom. The Kier molecular flexibility index (Phi) is 3.04. The molecule has 0 unspecified atom stereocenters. The van der Waals surface area contributed by atoms with Crippen LogP contribution in [0.4, 0.5) is 5.69 Å². The molecule has 1 aromatic carbocycles. The second-order valence-electron chi connectivity index (χ2n) is 5.61. The van der Waals surface area contributed by atoms with Crippen LogP contribution in [0.5, 0.6) is 0 Å². The lowest BCUT2D eigenvalue weighted by Crippen LogP contribution is -2.32. The molecule has 2 heterocycles. The smallest absolute Gasteiger partial charge is 0.294 e. The van der Waals surface area contributed by atoms with E-state index in [0.29, 0.717) is 17.4 Å². The highest BCUT2D eigenvalue weighted by molar-refractivity contribution is 5.75. The van der Waals surface area contributed by atoms with Gasteiger partial charge in [0.1, 0.15) is 11.9 Å². The van der Waals surface area contributed by atoms with E-state index in [0.717, 1.165) is 17.7 Å². The van der Waals surface area contributed by atoms with E-state index in [1.807, 2.05) is 28.9 Å². The van der Waals surface area contributed by atoms with Crippen molar-refractivity contribution in [2.45, 2.75) is 33.4 Å². The third kappa shape index (κ3) is 2.09. The van der Waals surface area contributed by atoms with Crippen LogP contribution in [0.15, 0.2) is 29.1 Å². The van der Waals surface area contributed by atoms with Crippen LogP contribution in [-0.4, -0.2) is 14.8 Å². The summed E-state index contributed by atoms with van der Waals surface area (Å²) in [6.45, 7) is 6.05. The summed E-state index contributed by atoms with van der Waals surface area (Å²) < 4.78 is 1.85. The van der Waals surface area contributed by atoms with Gasteiger partial charge in [-0.3, -0.25) is 4.79 Å². The molecule has 0 amide bonds. The molecule has 1 aliphatic heterocycles. The zero-order chi connectivity index (χ0) is 14.3. The van der Waals surface area contributed by atoms with Crippen LogP contribution in [-0.2, 0) is 0 Å². The Hall–Kier alpha value is -2.17. The first kappa shape index (κ1) is 12.8. The molecule has 1 aromatic heterocycles. The van der Waals surface area contributed by atoms with E-state index >= 15 is 0 Å². The lowest BCUT2D eigenvalue weighted by atomic mass is 10.0. The number of aromatic nitrogens is 3. The molecule has 3 rings (SSSR count). The lowest BCUT2D eigenvalue weighted by molar-refractivity contribution is 0.394. The maximum atomic E-state index is 11.8. The highest BCUT2D eigenvalue weighted by Gasteiger charge is 2.26. The molecule has 0 fully saturated rings. The molecule has 0 aliphatic carbocycles. The number of nitrogens with zero attached hydrogens (tertiary/aromatic N) is 3.